The molecular formula is C14H16BrN3O2S. The van der Waals surface area contributed by atoms with E-state index < -0.39 is 10.0 Å². The van der Waals surface area contributed by atoms with E-state index in [4.69, 9.17) is 5.73 Å². The third-order valence-electron chi connectivity index (χ3n) is 2.95. The largest absolute Gasteiger partial charge is 0.396 e. The molecule has 0 heterocycles. The zero-order valence-corrected chi connectivity index (χ0v) is 14.1. The second-order valence-corrected chi connectivity index (χ2v) is 7.67. The Morgan fingerprint density at radius 3 is 2.29 bits per heavy atom. The first-order chi connectivity index (χ1) is 9.82. The highest BCUT2D eigenvalue weighted by atomic mass is 79.9. The number of anilines is 3. The van der Waals surface area contributed by atoms with Crippen molar-refractivity contribution in [3.63, 3.8) is 0 Å². The van der Waals surface area contributed by atoms with Crippen LogP contribution in [-0.2, 0) is 10.0 Å². The Balaban J connectivity index is 2.41. The van der Waals surface area contributed by atoms with Crippen LogP contribution in [0.4, 0.5) is 17.1 Å². The second-order valence-electron chi connectivity index (χ2n) is 4.64. The molecule has 21 heavy (non-hydrogen) atoms. The number of nitrogens with two attached hydrogens (primary N) is 1. The van der Waals surface area contributed by atoms with Crippen LogP contribution in [-0.4, -0.2) is 26.8 Å². The molecule has 0 aliphatic heterocycles. The number of halogens is 1. The van der Waals surface area contributed by atoms with Gasteiger partial charge in [-0.25, -0.2) is 12.7 Å². The van der Waals surface area contributed by atoms with Gasteiger partial charge < -0.3 is 11.1 Å². The second kappa shape index (κ2) is 6.05. The van der Waals surface area contributed by atoms with Crippen molar-refractivity contribution >= 4 is 43.0 Å². The number of nitrogens with zero attached hydrogens (tertiary/aromatic N) is 1. The number of rotatable bonds is 4. The predicted octanol–water partition coefficient (Wildman–Crippen LogP) is 3.03. The molecule has 0 saturated carbocycles. The van der Waals surface area contributed by atoms with Crippen LogP contribution >= 0.6 is 15.9 Å². The van der Waals surface area contributed by atoms with Crippen molar-refractivity contribution in [1.29, 1.82) is 0 Å². The third-order valence-corrected chi connectivity index (χ3v) is 5.35. The van der Waals surface area contributed by atoms with Gasteiger partial charge in [-0.3, -0.25) is 0 Å². The van der Waals surface area contributed by atoms with Crippen molar-refractivity contribution in [3.8, 4) is 0 Å². The molecule has 2 aromatic carbocycles. The SMILES string of the molecule is CN(C)S(=O)(=O)c1cccc(Nc2ccc(Br)cc2)c1N. The highest BCUT2D eigenvalue weighted by molar-refractivity contribution is 9.10. The first-order valence-electron chi connectivity index (χ1n) is 6.16. The van der Waals surface area contributed by atoms with Crippen LogP contribution < -0.4 is 11.1 Å². The summed E-state index contributed by atoms with van der Waals surface area (Å²) in [6, 6.07) is 12.4. The first-order valence-corrected chi connectivity index (χ1v) is 8.39. The average Bonchev–Trinajstić information content (AvgIpc) is 2.43. The van der Waals surface area contributed by atoms with E-state index in [-0.39, 0.29) is 10.6 Å². The highest BCUT2D eigenvalue weighted by Crippen LogP contribution is 2.30. The number of para-hydroxylation sites is 1. The van der Waals surface area contributed by atoms with Gasteiger partial charge in [-0.2, -0.15) is 0 Å². The summed E-state index contributed by atoms with van der Waals surface area (Å²) < 4.78 is 26.5. The van der Waals surface area contributed by atoms with Gasteiger partial charge in [0.1, 0.15) is 4.90 Å². The van der Waals surface area contributed by atoms with E-state index in [1.807, 2.05) is 24.3 Å². The van der Waals surface area contributed by atoms with E-state index >= 15 is 0 Å². The lowest BCUT2D eigenvalue weighted by molar-refractivity contribution is 0.521. The maximum atomic E-state index is 12.2. The maximum absolute atomic E-state index is 12.2. The molecule has 0 amide bonds. The van der Waals surface area contributed by atoms with Gasteiger partial charge in [0.15, 0.2) is 0 Å². The topological polar surface area (TPSA) is 75.4 Å². The molecule has 0 atom stereocenters. The van der Waals surface area contributed by atoms with Gasteiger partial charge in [-0.05, 0) is 36.4 Å². The number of sulfonamides is 1. The zero-order chi connectivity index (χ0) is 15.6. The molecule has 0 saturated heterocycles. The van der Waals surface area contributed by atoms with Crippen LogP contribution in [0.15, 0.2) is 51.8 Å². The summed E-state index contributed by atoms with van der Waals surface area (Å²) in [5.41, 5.74) is 7.59. The van der Waals surface area contributed by atoms with Gasteiger partial charge in [0.2, 0.25) is 10.0 Å². The van der Waals surface area contributed by atoms with E-state index in [0.717, 1.165) is 14.5 Å². The van der Waals surface area contributed by atoms with Crippen molar-refractivity contribution < 1.29 is 8.42 Å². The molecule has 0 spiro atoms. The van der Waals surface area contributed by atoms with Crippen LogP contribution in [0, 0.1) is 0 Å². The molecule has 0 bridgehead atoms. The molecule has 7 heteroatoms. The summed E-state index contributed by atoms with van der Waals surface area (Å²) in [5, 5.41) is 3.12. The summed E-state index contributed by atoms with van der Waals surface area (Å²) in [6.45, 7) is 0. The van der Waals surface area contributed by atoms with E-state index in [9.17, 15) is 8.42 Å². The molecule has 0 aromatic heterocycles. The van der Waals surface area contributed by atoms with Crippen molar-refractivity contribution in [3.05, 3.63) is 46.9 Å². The van der Waals surface area contributed by atoms with Crippen LogP contribution in [0.5, 0.6) is 0 Å². The molecular weight excluding hydrogens is 354 g/mol. The number of hydrogen-bond donors (Lipinski definition) is 2. The van der Waals surface area contributed by atoms with Gasteiger partial charge in [-0.15, -0.1) is 0 Å². The first kappa shape index (κ1) is 15.8. The Kier molecular flexibility index (Phi) is 4.55. The minimum Gasteiger partial charge on any atom is -0.396 e. The number of hydrogen-bond acceptors (Lipinski definition) is 4. The third kappa shape index (κ3) is 3.37. The van der Waals surface area contributed by atoms with E-state index in [2.05, 4.69) is 21.2 Å². The summed E-state index contributed by atoms with van der Waals surface area (Å²) >= 11 is 3.36. The van der Waals surface area contributed by atoms with Crippen molar-refractivity contribution in [2.75, 3.05) is 25.1 Å². The zero-order valence-electron chi connectivity index (χ0n) is 11.7. The van der Waals surface area contributed by atoms with E-state index in [0.29, 0.717) is 5.69 Å². The quantitative estimate of drug-likeness (QED) is 0.812. The highest BCUT2D eigenvalue weighted by Gasteiger charge is 2.21. The van der Waals surface area contributed by atoms with Gasteiger partial charge in [-0.1, -0.05) is 22.0 Å². The minimum absolute atomic E-state index is 0.0922. The van der Waals surface area contributed by atoms with Gasteiger partial charge in [0.25, 0.3) is 0 Å². The van der Waals surface area contributed by atoms with Crippen LogP contribution in [0.3, 0.4) is 0 Å². The standard InChI is InChI=1S/C14H16BrN3O2S/c1-18(2)21(19,20)13-5-3-4-12(14(13)16)17-11-8-6-10(15)7-9-11/h3-9,17H,16H2,1-2H3. The van der Waals surface area contributed by atoms with Crippen molar-refractivity contribution in [1.82, 2.24) is 4.31 Å². The smallest absolute Gasteiger partial charge is 0.244 e. The Labute approximate surface area is 132 Å². The Bertz CT molecular complexity index is 743. The van der Waals surface area contributed by atoms with Gasteiger partial charge in [0.05, 0.1) is 11.4 Å². The fourth-order valence-corrected chi connectivity index (χ4v) is 3.06. The lowest BCUT2D eigenvalue weighted by Crippen LogP contribution is -2.23. The van der Waals surface area contributed by atoms with Crippen LogP contribution in [0.2, 0.25) is 0 Å². The van der Waals surface area contributed by atoms with E-state index in [1.54, 1.807) is 12.1 Å². The Hall–Kier alpha value is -1.57. The Morgan fingerprint density at radius 1 is 1.10 bits per heavy atom. The molecule has 112 valence electrons. The van der Waals surface area contributed by atoms with Crippen LogP contribution in [0.1, 0.15) is 0 Å². The van der Waals surface area contributed by atoms with Crippen molar-refractivity contribution in [2.24, 2.45) is 0 Å². The van der Waals surface area contributed by atoms with Crippen LogP contribution in [0.25, 0.3) is 0 Å². The molecule has 0 aliphatic rings. The number of benzene rings is 2. The van der Waals surface area contributed by atoms with Gasteiger partial charge in [0, 0.05) is 24.3 Å². The Morgan fingerprint density at radius 2 is 1.71 bits per heavy atom. The van der Waals surface area contributed by atoms with Gasteiger partial charge >= 0.3 is 0 Å². The fraction of sp³-hybridized carbons (Fsp3) is 0.143. The molecule has 0 fully saturated rings. The maximum Gasteiger partial charge on any atom is 0.244 e. The normalized spacial score (nSPS) is 11.6. The molecule has 5 nitrogen and oxygen atoms in total. The molecule has 2 aromatic rings. The lowest BCUT2D eigenvalue weighted by atomic mass is 10.2. The average molecular weight is 370 g/mol. The molecule has 2 rings (SSSR count). The molecule has 0 radical (unpaired) electrons. The monoisotopic (exact) mass is 369 g/mol. The number of nitrogen functional groups attached to an aromatic ring is 1. The van der Waals surface area contributed by atoms with E-state index in [1.165, 1.54) is 20.2 Å². The summed E-state index contributed by atoms with van der Waals surface area (Å²) in [6.07, 6.45) is 0. The van der Waals surface area contributed by atoms with Crippen molar-refractivity contribution in [2.45, 2.75) is 4.90 Å². The lowest BCUT2D eigenvalue weighted by Gasteiger charge is -2.16. The number of nitrogens with one attached hydrogen (secondary N) is 1. The molecule has 0 unspecified atom stereocenters. The molecule has 3 N–H and O–H groups in total. The summed E-state index contributed by atoms with van der Waals surface area (Å²) in [4.78, 5) is 0.0922. The minimum atomic E-state index is -3.57. The summed E-state index contributed by atoms with van der Waals surface area (Å²) in [5.74, 6) is 0. The summed E-state index contributed by atoms with van der Waals surface area (Å²) in [7, 11) is -0.617. The predicted molar refractivity (Wildman–Crippen MR) is 89.2 cm³/mol. The fourth-order valence-electron chi connectivity index (χ4n) is 1.76. The molecule has 0 aliphatic carbocycles.